The van der Waals surface area contributed by atoms with Crippen LogP contribution < -0.4 is 40.8 Å². The first-order chi connectivity index (χ1) is 32.3. The topological polar surface area (TPSA) is 430 Å². The Morgan fingerprint density at radius 2 is 0.542 bits per heavy atom. The Balaban J connectivity index is -0.000000571. The molecule has 0 amide bonds. The van der Waals surface area contributed by atoms with Crippen LogP contribution in [-0.4, -0.2) is 108 Å². The van der Waals surface area contributed by atoms with Crippen LogP contribution in [0.15, 0.2) is 97.1 Å². The molecule has 0 saturated heterocycles. The standard InChI is InChI=1S/2C20H30N2O8P2.2CH4O.2Cu.2H2O/c2*1-3-29-31(25,26)19(15-9-5-7-11-17(15)23)21-13-14-22-20(32(27,28)30-4-2)16-10-6-8-12-18(16)24;2*1-2;;;;/h2*5-12,19-24H,3-4,13-14H2,1-2H3,(H,25,26)(H,27,28);2*2H,1H3;;;2*1H2/q;;;;2*+2;;/p-4/t2*19-,20-;;;;;;/m10....../s1. The van der Waals surface area contributed by atoms with E-state index in [-0.39, 0.29) is 143 Å². The molecule has 0 fully saturated rings. The second-order valence-corrected chi connectivity index (χ2v) is 20.9. The fourth-order valence-corrected chi connectivity index (χ4v) is 12.0. The number of aromatic hydroxyl groups is 4. The summed E-state index contributed by atoms with van der Waals surface area (Å²) in [5.41, 5.74) is 0.446. The number of phenolic OH excluding ortho intramolecular Hbond substituents is 4. The second kappa shape index (κ2) is 38.9. The summed E-state index contributed by atoms with van der Waals surface area (Å²) in [5, 5.41) is 65.6. The van der Waals surface area contributed by atoms with Gasteiger partial charge in [-0.05, 0) is 52.0 Å². The van der Waals surface area contributed by atoms with Crippen LogP contribution in [-0.2, 0) is 70.5 Å². The number of hydrogen-bond donors (Lipinski definition) is 10. The average Bonchev–Trinajstić information content (AvgIpc) is 3.29. The van der Waals surface area contributed by atoms with E-state index in [1.807, 2.05) is 0 Å². The van der Waals surface area contributed by atoms with Crippen molar-refractivity contribution in [2.24, 2.45) is 0 Å². The number of rotatable bonds is 26. The Morgan fingerprint density at radius 1 is 0.389 bits per heavy atom. The minimum absolute atomic E-state index is 0. The Kier molecular flexibility index (Phi) is 41.0. The van der Waals surface area contributed by atoms with Crippen molar-refractivity contribution >= 4 is 30.4 Å². The van der Waals surface area contributed by atoms with Crippen molar-refractivity contribution in [3.8, 4) is 23.0 Å². The third-order valence-electron chi connectivity index (χ3n) is 9.03. The fraction of sp³-hybridized carbons (Fsp3) is 0.429. The zero-order valence-corrected chi connectivity index (χ0v) is 45.6. The summed E-state index contributed by atoms with van der Waals surface area (Å²) in [6.45, 7) is 5.81. The Labute approximate surface area is 441 Å². The molecule has 4 aromatic carbocycles. The monoisotopic (exact) mass is 1200 g/mol. The molecule has 0 saturated carbocycles. The van der Waals surface area contributed by atoms with Crippen molar-refractivity contribution in [2.75, 3.05) is 66.8 Å². The average molecular weight is 1200 g/mol. The Hall–Kier alpha value is -2.60. The van der Waals surface area contributed by atoms with Crippen molar-refractivity contribution in [1.82, 2.24) is 21.3 Å². The van der Waals surface area contributed by atoms with Gasteiger partial charge in [0.05, 0.1) is 26.4 Å². The first-order valence-corrected chi connectivity index (χ1v) is 27.5. The summed E-state index contributed by atoms with van der Waals surface area (Å²) in [5.74, 6) is -6.27. The third kappa shape index (κ3) is 23.9. The maximum atomic E-state index is 12.6. The van der Waals surface area contributed by atoms with E-state index in [2.05, 4.69) is 21.3 Å². The van der Waals surface area contributed by atoms with Gasteiger partial charge in [-0.3, -0.25) is 0 Å². The summed E-state index contributed by atoms with van der Waals surface area (Å²) in [4.78, 5) is 50.3. The summed E-state index contributed by atoms with van der Waals surface area (Å²) in [6.07, 6.45) is 0. The molecular formula is C42H68Cu2N4O20P4. The SMILES string of the molecule is CCOP(=O)([O-])[C@@H](NCCN[C@@H](c1ccccc1O)P(=O)([O-])OCC)c1ccccc1O.CCOP(=O)([O-])[C@H](NCCN[C@H](c1ccccc1O)P(=O)([O-])OCC)c1ccccc1O.CO.CO.O.O.[Cu+2].[Cu+2]. The molecule has 0 aliphatic carbocycles. The number of phenols is 4. The van der Waals surface area contributed by atoms with Gasteiger partial charge in [-0.15, -0.1) is 0 Å². The summed E-state index contributed by atoms with van der Waals surface area (Å²) in [7, 11) is -15.8. The van der Waals surface area contributed by atoms with Gasteiger partial charge in [0.25, 0.3) is 0 Å². The molecule has 0 aliphatic heterocycles. The van der Waals surface area contributed by atoms with Crippen molar-refractivity contribution in [2.45, 2.75) is 50.8 Å². The van der Waals surface area contributed by atoms with Gasteiger partial charge in [-0.2, -0.15) is 0 Å². The number of para-hydroxylation sites is 4. The van der Waals surface area contributed by atoms with Crippen LogP contribution in [0.2, 0.25) is 0 Å². The summed E-state index contributed by atoms with van der Waals surface area (Å²) < 4.78 is 70.0. The first kappa shape index (κ1) is 75.9. The van der Waals surface area contributed by atoms with Crippen molar-refractivity contribution in [1.29, 1.82) is 0 Å². The van der Waals surface area contributed by atoms with Gasteiger partial charge < -0.3 is 119 Å². The predicted octanol–water partition coefficient (Wildman–Crippen LogP) is 1.87. The van der Waals surface area contributed by atoms with Gasteiger partial charge in [0.15, 0.2) is 30.4 Å². The zero-order chi connectivity index (χ0) is 51.6. The molecular weight excluding hydrogens is 1130 g/mol. The molecule has 30 heteroatoms. The minimum atomic E-state index is -4.45. The van der Waals surface area contributed by atoms with Crippen molar-refractivity contribution in [3.63, 3.8) is 0 Å². The molecule has 0 aliphatic rings. The smallest absolute Gasteiger partial charge is 0.777 e. The number of nitrogens with one attached hydrogen (secondary N) is 4. The molecule has 14 N–H and O–H groups in total. The van der Waals surface area contributed by atoms with Gasteiger partial charge in [-0.1, -0.05) is 72.8 Å². The second-order valence-electron chi connectivity index (χ2n) is 13.5. The summed E-state index contributed by atoms with van der Waals surface area (Å²) >= 11 is 0. The molecule has 0 aromatic heterocycles. The van der Waals surface area contributed by atoms with Crippen LogP contribution in [0.25, 0.3) is 0 Å². The van der Waals surface area contributed by atoms with E-state index in [4.69, 9.17) is 28.3 Å². The van der Waals surface area contributed by atoms with Gasteiger partial charge in [0.2, 0.25) is 0 Å². The maximum absolute atomic E-state index is 12.6. The van der Waals surface area contributed by atoms with Gasteiger partial charge in [-0.25, -0.2) is 0 Å². The number of hydrogen-bond acceptors (Lipinski definition) is 22. The number of aliphatic hydroxyl groups is 2. The van der Waals surface area contributed by atoms with E-state index < -0.39 is 53.5 Å². The largest absolute Gasteiger partial charge is 2.00 e. The molecule has 4 unspecified atom stereocenters. The van der Waals surface area contributed by atoms with Crippen LogP contribution in [0.5, 0.6) is 23.0 Å². The predicted molar refractivity (Wildman–Crippen MR) is 256 cm³/mol. The normalized spacial score (nSPS) is 15.5. The molecule has 24 nitrogen and oxygen atoms in total. The molecule has 0 bridgehead atoms. The Morgan fingerprint density at radius 3 is 0.681 bits per heavy atom. The van der Waals surface area contributed by atoms with E-state index in [0.717, 1.165) is 14.2 Å². The van der Waals surface area contributed by atoms with Crippen LogP contribution in [0, 0.1) is 0 Å². The van der Waals surface area contributed by atoms with Crippen molar-refractivity contribution < 1.29 is 132 Å². The molecule has 8 atom stereocenters. The van der Waals surface area contributed by atoms with Crippen LogP contribution >= 0.6 is 30.4 Å². The molecule has 0 spiro atoms. The summed E-state index contributed by atoms with van der Waals surface area (Å²) in [6, 6.07) is 23.8. The van der Waals surface area contributed by atoms with Crippen molar-refractivity contribution in [3.05, 3.63) is 119 Å². The third-order valence-corrected chi connectivity index (χ3v) is 15.9. The molecule has 72 heavy (non-hydrogen) atoms. The fourth-order valence-electron chi connectivity index (χ4n) is 6.30. The molecule has 4 rings (SSSR count). The molecule has 418 valence electrons. The van der Waals surface area contributed by atoms with Crippen LogP contribution in [0.1, 0.15) is 73.1 Å². The number of benzene rings is 4. The quantitative estimate of drug-likeness (QED) is 0.0244. The molecule has 4 aromatic rings. The maximum Gasteiger partial charge on any atom is 2.00 e. The van der Waals surface area contributed by atoms with Crippen LogP contribution in [0.4, 0.5) is 0 Å². The van der Waals surface area contributed by atoms with Gasteiger partial charge in [0.1, 0.15) is 46.1 Å². The van der Waals surface area contributed by atoms with E-state index in [1.54, 1.807) is 48.5 Å². The van der Waals surface area contributed by atoms with E-state index >= 15 is 0 Å². The van der Waals surface area contributed by atoms with Crippen LogP contribution in [0.3, 0.4) is 0 Å². The van der Waals surface area contributed by atoms with Gasteiger partial charge >= 0.3 is 34.1 Å². The minimum Gasteiger partial charge on any atom is -0.777 e. The molecule has 0 heterocycles. The van der Waals surface area contributed by atoms with Gasteiger partial charge in [0, 0.05) is 62.7 Å². The number of aliphatic hydroxyl groups excluding tert-OH is 2. The van der Waals surface area contributed by atoms with E-state index in [0.29, 0.717) is 0 Å². The van der Waals surface area contributed by atoms with E-state index in [9.17, 15) is 58.3 Å². The first-order valence-electron chi connectivity index (χ1n) is 21.0. The Bertz CT molecular complexity index is 1970. The van der Waals surface area contributed by atoms with E-state index in [1.165, 1.54) is 76.2 Å². The zero-order valence-electron chi connectivity index (χ0n) is 40.2. The molecule has 2 radical (unpaired) electrons.